The van der Waals surface area contributed by atoms with Crippen LogP contribution < -0.4 is 0 Å². The maximum absolute atomic E-state index is 6.25. The number of piperazine rings is 1. The van der Waals surface area contributed by atoms with E-state index in [0.29, 0.717) is 16.6 Å². The molecule has 0 amide bonds. The summed E-state index contributed by atoms with van der Waals surface area (Å²) in [6, 6.07) is 26.5. The minimum atomic E-state index is -0.0361. The van der Waals surface area contributed by atoms with Gasteiger partial charge in [0.1, 0.15) is 0 Å². The summed E-state index contributed by atoms with van der Waals surface area (Å²) < 4.78 is 1.87. The highest BCUT2D eigenvalue weighted by Gasteiger charge is 2.30. The Morgan fingerprint density at radius 1 is 0.833 bits per heavy atom. The smallest absolute Gasteiger partial charge is 0.173 e. The Hall–Kier alpha value is -3.03. The summed E-state index contributed by atoms with van der Waals surface area (Å²) in [6.45, 7) is 5.28. The first kappa shape index (κ1) is 24.7. The van der Waals surface area contributed by atoms with Crippen molar-refractivity contribution >= 4 is 29.3 Å². The second kappa shape index (κ2) is 11.8. The van der Waals surface area contributed by atoms with Crippen LogP contribution in [0.15, 0.2) is 84.9 Å². The van der Waals surface area contributed by atoms with Crippen molar-refractivity contribution in [2.75, 3.05) is 32.7 Å². The normalized spacial score (nSPS) is 15.9. The van der Waals surface area contributed by atoms with Gasteiger partial charge in [0.15, 0.2) is 5.82 Å². The van der Waals surface area contributed by atoms with Crippen LogP contribution in [0.25, 0.3) is 6.08 Å². The Balaban J connectivity index is 1.31. The van der Waals surface area contributed by atoms with Crippen molar-refractivity contribution in [2.45, 2.75) is 12.6 Å². The fourth-order valence-electron chi connectivity index (χ4n) is 4.60. The lowest BCUT2D eigenvalue weighted by Gasteiger charge is -2.38. The second-order valence-corrected chi connectivity index (χ2v) is 9.72. The number of aromatic nitrogens is 4. The van der Waals surface area contributed by atoms with E-state index in [2.05, 4.69) is 86.0 Å². The SMILES string of the molecule is Clc1ccc(Cn2nnnc2[C@@H](c2ccccc2)N2CCN(C/C=C/c3ccccc3)CC2)cc1Cl. The van der Waals surface area contributed by atoms with Crippen LogP contribution >= 0.6 is 23.2 Å². The average Bonchev–Trinajstić information content (AvgIpc) is 3.36. The van der Waals surface area contributed by atoms with Crippen LogP contribution in [-0.4, -0.2) is 62.7 Å². The van der Waals surface area contributed by atoms with Gasteiger partial charge in [-0.2, -0.15) is 0 Å². The lowest BCUT2D eigenvalue weighted by molar-refractivity contribution is 0.113. The molecule has 8 heteroatoms. The minimum Gasteiger partial charge on any atom is -0.297 e. The number of rotatable bonds is 8. The summed E-state index contributed by atoms with van der Waals surface area (Å²) in [5.74, 6) is 0.824. The molecule has 1 atom stereocenters. The molecule has 0 aliphatic carbocycles. The molecule has 1 aliphatic heterocycles. The molecule has 1 fully saturated rings. The largest absolute Gasteiger partial charge is 0.297 e. The predicted octanol–water partition coefficient (Wildman–Crippen LogP) is 5.45. The van der Waals surface area contributed by atoms with Gasteiger partial charge < -0.3 is 0 Å². The number of nitrogens with zero attached hydrogens (tertiary/aromatic N) is 6. The molecule has 1 saturated heterocycles. The number of tetrazole rings is 1. The van der Waals surface area contributed by atoms with Crippen LogP contribution in [-0.2, 0) is 6.54 Å². The fourth-order valence-corrected chi connectivity index (χ4v) is 4.92. The molecule has 0 spiro atoms. The molecule has 6 nitrogen and oxygen atoms in total. The van der Waals surface area contributed by atoms with E-state index in [4.69, 9.17) is 23.2 Å². The summed E-state index contributed by atoms with van der Waals surface area (Å²) in [6.07, 6.45) is 4.44. The molecule has 0 N–H and O–H groups in total. The van der Waals surface area contributed by atoms with Crippen LogP contribution in [0, 0.1) is 0 Å². The minimum absolute atomic E-state index is 0.0361. The van der Waals surface area contributed by atoms with E-state index in [9.17, 15) is 0 Å². The molecule has 0 unspecified atom stereocenters. The topological polar surface area (TPSA) is 50.1 Å². The Bertz CT molecular complexity index is 1280. The van der Waals surface area contributed by atoms with Gasteiger partial charge in [-0.25, -0.2) is 4.68 Å². The van der Waals surface area contributed by atoms with E-state index in [0.717, 1.165) is 44.1 Å². The van der Waals surface area contributed by atoms with E-state index < -0.39 is 0 Å². The lowest BCUT2D eigenvalue weighted by Crippen LogP contribution is -2.48. The molecule has 1 aliphatic rings. The summed E-state index contributed by atoms with van der Waals surface area (Å²) in [5, 5.41) is 13.9. The van der Waals surface area contributed by atoms with Crippen LogP contribution in [0.3, 0.4) is 0 Å². The highest BCUT2D eigenvalue weighted by molar-refractivity contribution is 6.42. The number of halogens is 2. The van der Waals surface area contributed by atoms with Gasteiger partial charge >= 0.3 is 0 Å². The fraction of sp³-hybridized carbons (Fsp3) is 0.250. The highest BCUT2D eigenvalue weighted by Crippen LogP contribution is 2.29. The second-order valence-electron chi connectivity index (χ2n) is 8.91. The van der Waals surface area contributed by atoms with Gasteiger partial charge in [0.05, 0.1) is 22.6 Å². The first-order chi connectivity index (χ1) is 17.7. The number of hydrogen-bond donors (Lipinski definition) is 0. The molecule has 0 bridgehead atoms. The van der Waals surface area contributed by atoms with Crippen molar-refractivity contribution in [3.63, 3.8) is 0 Å². The molecule has 1 aromatic heterocycles. The number of benzene rings is 3. The van der Waals surface area contributed by atoms with Crippen molar-refractivity contribution in [1.29, 1.82) is 0 Å². The standard InChI is InChI=1S/C28H28Cl2N6/c29-25-14-13-23(20-26(25)30)21-36-28(31-32-33-36)27(24-11-5-2-6-12-24)35-18-16-34(17-19-35)15-7-10-22-8-3-1-4-9-22/h1-14,20,27H,15-19,21H2/b10-7+/t27-/m1/s1. The summed E-state index contributed by atoms with van der Waals surface area (Å²) in [7, 11) is 0. The molecule has 3 aromatic carbocycles. The maximum Gasteiger partial charge on any atom is 0.173 e. The van der Waals surface area contributed by atoms with E-state index >= 15 is 0 Å². The van der Waals surface area contributed by atoms with Gasteiger partial charge in [-0.1, -0.05) is 102 Å². The van der Waals surface area contributed by atoms with E-state index in [1.807, 2.05) is 35.0 Å². The van der Waals surface area contributed by atoms with Gasteiger partial charge in [-0.15, -0.1) is 5.10 Å². The highest BCUT2D eigenvalue weighted by atomic mass is 35.5. The molecule has 36 heavy (non-hydrogen) atoms. The quantitative estimate of drug-likeness (QED) is 0.310. The Morgan fingerprint density at radius 3 is 2.28 bits per heavy atom. The van der Waals surface area contributed by atoms with Crippen molar-refractivity contribution < 1.29 is 0 Å². The molecular weight excluding hydrogens is 491 g/mol. The van der Waals surface area contributed by atoms with E-state index in [1.54, 1.807) is 0 Å². The molecule has 2 heterocycles. The van der Waals surface area contributed by atoms with E-state index in [1.165, 1.54) is 11.1 Å². The zero-order valence-corrected chi connectivity index (χ0v) is 21.4. The molecule has 184 valence electrons. The Labute approximate surface area is 221 Å². The van der Waals surface area contributed by atoms with Crippen LogP contribution in [0.5, 0.6) is 0 Å². The molecule has 4 aromatic rings. The van der Waals surface area contributed by atoms with Crippen LogP contribution in [0.2, 0.25) is 10.0 Å². The summed E-state index contributed by atoms with van der Waals surface area (Å²) in [4.78, 5) is 4.96. The van der Waals surface area contributed by atoms with E-state index in [-0.39, 0.29) is 6.04 Å². The lowest BCUT2D eigenvalue weighted by atomic mass is 10.0. The average molecular weight is 519 g/mol. The zero-order valence-electron chi connectivity index (χ0n) is 19.9. The van der Waals surface area contributed by atoms with Crippen LogP contribution in [0.4, 0.5) is 0 Å². The van der Waals surface area contributed by atoms with Gasteiger partial charge in [0, 0.05) is 32.7 Å². The molecule has 5 rings (SSSR count). The monoisotopic (exact) mass is 518 g/mol. The van der Waals surface area contributed by atoms with Gasteiger partial charge in [0.25, 0.3) is 0 Å². The molecule has 0 radical (unpaired) electrons. The Kier molecular flexibility index (Phi) is 8.08. The predicted molar refractivity (Wildman–Crippen MR) is 145 cm³/mol. The van der Waals surface area contributed by atoms with Crippen molar-refractivity contribution in [3.05, 3.63) is 117 Å². The molecule has 0 saturated carbocycles. The van der Waals surface area contributed by atoms with Crippen LogP contribution in [0.1, 0.15) is 28.6 Å². The van der Waals surface area contributed by atoms with Crippen molar-refractivity contribution in [3.8, 4) is 0 Å². The van der Waals surface area contributed by atoms with Gasteiger partial charge in [-0.05, 0) is 39.2 Å². The molecular formula is C28H28Cl2N6. The Morgan fingerprint density at radius 2 is 1.56 bits per heavy atom. The van der Waals surface area contributed by atoms with Crippen molar-refractivity contribution in [2.24, 2.45) is 0 Å². The summed E-state index contributed by atoms with van der Waals surface area (Å²) >= 11 is 12.4. The van der Waals surface area contributed by atoms with Gasteiger partial charge in [0.2, 0.25) is 0 Å². The number of hydrogen-bond acceptors (Lipinski definition) is 5. The maximum atomic E-state index is 6.25. The third kappa shape index (κ3) is 6.02. The summed E-state index contributed by atoms with van der Waals surface area (Å²) in [5.41, 5.74) is 3.41. The zero-order chi connectivity index (χ0) is 24.7. The third-order valence-corrected chi connectivity index (χ3v) is 7.22. The third-order valence-electron chi connectivity index (χ3n) is 6.48. The van der Waals surface area contributed by atoms with Crippen molar-refractivity contribution in [1.82, 2.24) is 30.0 Å². The van der Waals surface area contributed by atoms with Gasteiger partial charge in [-0.3, -0.25) is 9.80 Å². The first-order valence-corrected chi connectivity index (χ1v) is 12.9. The first-order valence-electron chi connectivity index (χ1n) is 12.1.